The van der Waals surface area contributed by atoms with E-state index in [2.05, 4.69) is 19.3 Å². The van der Waals surface area contributed by atoms with Crippen LogP contribution in [0.25, 0.3) is 0 Å². The summed E-state index contributed by atoms with van der Waals surface area (Å²) in [6.45, 7) is 4.70. The highest BCUT2D eigenvalue weighted by molar-refractivity contribution is 4.91. The molecule has 0 radical (unpaired) electrons. The minimum atomic E-state index is 0.590. The molecule has 0 bridgehead atoms. The van der Waals surface area contributed by atoms with Gasteiger partial charge in [0.25, 0.3) is 0 Å². The molecule has 18 heavy (non-hydrogen) atoms. The van der Waals surface area contributed by atoms with E-state index in [1.807, 2.05) is 0 Å². The molecule has 2 fully saturated rings. The molecule has 2 nitrogen and oxygen atoms in total. The van der Waals surface area contributed by atoms with Gasteiger partial charge in [-0.25, -0.2) is 0 Å². The van der Waals surface area contributed by atoms with Gasteiger partial charge in [0, 0.05) is 6.04 Å². The minimum Gasteiger partial charge on any atom is -0.271 e. The Morgan fingerprint density at radius 2 is 1.83 bits per heavy atom. The van der Waals surface area contributed by atoms with Crippen molar-refractivity contribution in [3.05, 3.63) is 0 Å². The summed E-state index contributed by atoms with van der Waals surface area (Å²) in [4.78, 5) is 0. The summed E-state index contributed by atoms with van der Waals surface area (Å²) in [7, 11) is 0. The third kappa shape index (κ3) is 3.08. The van der Waals surface area contributed by atoms with Gasteiger partial charge in [-0.05, 0) is 42.9 Å². The molecule has 0 saturated heterocycles. The molecule has 0 aromatic rings. The van der Waals surface area contributed by atoms with Crippen molar-refractivity contribution in [2.45, 2.75) is 77.7 Å². The molecule has 0 spiro atoms. The number of hydrogen-bond acceptors (Lipinski definition) is 2. The van der Waals surface area contributed by atoms with E-state index >= 15 is 0 Å². The fourth-order valence-corrected chi connectivity index (χ4v) is 4.64. The van der Waals surface area contributed by atoms with Crippen molar-refractivity contribution >= 4 is 0 Å². The van der Waals surface area contributed by atoms with Crippen LogP contribution >= 0.6 is 0 Å². The van der Waals surface area contributed by atoms with Crippen molar-refractivity contribution in [2.24, 2.45) is 29.5 Å². The first-order valence-electron chi connectivity index (χ1n) is 8.26. The van der Waals surface area contributed by atoms with Crippen LogP contribution in [0.3, 0.4) is 0 Å². The average Bonchev–Trinajstić information content (AvgIpc) is 2.89. The van der Waals surface area contributed by atoms with Crippen molar-refractivity contribution < 1.29 is 0 Å². The molecule has 0 aromatic heterocycles. The van der Waals surface area contributed by atoms with Crippen LogP contribution in [0.2, 0.25) is 0 Å². The average molecular weight is 252 g/mol. The van der Waals surface area contributed by atoms with Gasteiger partial charge < -0.3 is 0 Å². The zero-order chi connectivity index (χ0) is 13.0. The molecule has 0 aliphatic heterocycles. The first kappa shape index (κ1) is 14.3. The van der Waals surface area contributed by atoms with Crippen molar-refractivity contribution in [1.29, 1.82) is 0 Å². The van der Waals surface area contributed by atoms with Gasteiger partial charge in [0.15, 0.2) is 0 Å². The lowest BCUT2D eigenvalue weighted by atomic mass is 9.70. The van der Waals surface area contributed by atoms with Crippen molar-refractivity contribution in [1.82, 2.24) is 5.43 Å². The Hall–Kier alpha value is -0.0800. The Balaban J connectivity index is 1.98. The van der Waals surface area contributed by atoms with Crippen LogP contribution in [0.1, 0.15) is 71.6 Å². The Bertz CT molecular complexity index is 241. The van der Waals surface area contributed by atoms with Crippen LogP contribution in [-0.4, -0.2) is 6.04 Å². The zero-order valence-corrected chi connectivity index (χ0v) is 12.3. The van der Waals surface area contributed by atoms with Crippen LogP contribution < -0.4 is 11.3 Å². The second-order valence-corrected chi connectivity index (χ2v) is 6.66. The summed E-state index contributed by atoms with van der Waals surface area (Å²) in [5, 5.41) is 0. The Labute approximate surface area is 113 Å². The summed E-state index contributed by atoms with van der Waals surface area (Å²) in [6, 6.07) is 0.590. The summed E-state index contributed by atoms with van der Waals surface area (Å²) >= 11 is 0. The van der Waals surface area contributed by atoms with E-state index in [-0.39, 0.29) is 0 Å². The number of rotatable bonds is 5. The van der Waals surface area contributed by atoms with E-state index in [1.54, 1.807) is 0 Å². The third-order valence-corrected chi connectivity index (χ3v) is 5.81. The third-order valence-electron chi connectivity index (χ3n) is 5.81. The van der Waals surface area contributed by atoms with E-state index in [0.29, 0.717) is 6.04 Å². The number of nitrogens with one attached hydrogen (secondary N) is 1. The lowest BCUT2D eigenvalue weighted by Gasteiger charge is -2.39. The van der Waals surface area contributed by atoms with Gasteiger partial charge in [-0.1, -0.05) is 52.4 Å². The molecular formula is C16H32N2. The SMILES string of the molecule is CCC1CCC(C(NN)C2CCCCC2CC)C1. The first-order chi connectivity index (χ1) is 8.80. The molecule has 106 valence electrons. The van der Waals surface area contributed by atoms with Gasteiger partial charge >= 0.3 is 0 Å². The Morgan fingerprint density at radius 1 is 1.06 bits per heavy atom. The molecule has 2 rings (SSSR count). The molecular weight excluding hydrogens is 220 g/mol. The van der Waals surface area contributed by atoms with E-state index < -0.39 is 0 Å². The lowest BCUT2D eigenvalue weighted by molar-refractivity contribution is 0.136. The highest BCUT2D eigenvalue weighted by atomic mass is 15.2. The van der Waals surface area contributed by atoms with Crippen LogP contribution in [0.15, 0.2) is 0 Å². The standard InChI is InChI=1S/C16H32N2/c1-3-12-9-10-14(11-12)16(18-17)15-8-6-5-7-13(15)4-2/h12-16,18H,3-11,17H2,1-2H3. The summed E-state index contributed by atoms with van der Waals surface area (Å²) < 4.78 is 0. The van der Waals surface area contributed by atoms with E-state index in [1.165, 1.54) is 57.8 Å². The summed E-state index contributed by atoms with van der Waals surface area (Å²) in [6.07, 6.45) is 12.6. The number of hydrazine groups is 1. The van der Waals surface area contributed by atoms with Gasteiger partial charge in [0.2, 0.25) is 0 Å². The summed E-state index contributed by atoms with van der Waals surface area (Å²) in [5.74, 6) is 9.51. The van der Waals surface area contributed by atoms with Gasteiger partial charge in [-0.15, -0.1) is 0 Å². The van der Waals surface area contributed by atoms with Crippen LogP contribution in [0.5, 0.6) is 0 Å². The maximum absolute atomic E-state index is 5.94. The van der Waals surface area contributed by atoms with Crippen molar-refractivity contribution in [3.63, 3.8) is 0 Å². The molecule has 3 N–H and O–H groups in total. The predicted molar refractivity (Wildman–Crippen MR) is 78.0 cm³/mol. The summed E-state index contributed by atoms with van der Waals surface area (Å²) in [5.41, 5.74) is 3.22. The van der Waals surface area contributed by atoms with Gasteiger partial charge in [-0.3, -0.25) is 11.3 Å². The van der Waals surface area contributed by atoms with Gasteiger partial charge in [-0.2, -0.15) is 0 Å². The minimum absolute atomic E-state index is 0.590. The molecule has 5 unspecified atom stereocenters. The number of hydrogen-bond donors (Lipinski definition) is 2. The first-order valence-corrected chi connectivity index (χ1v) is 8.26. The molecule has 2 aliphatic carbocycles. The molecule has 2 heteroatoms. The molecule has 0 amide bonds. The van der Waals surface area contributed by atoms with Crippen LogP contribution in [-0.2, 0) is 0 Å². The smallest absolute Gasteiger partial charge is 0.0269 e. The van der Waals surface area contributed by atoms with Crippen molar-refractivity contribution in [3.8, 4) is 0 Å². The van der Waals surface area contributed by atoms with E-state index in [0.717, 1.165) is 23.7 Å². The molecule has 0 aromatic carbocycles. The topological polar surface area (TPSA) is 38.0 Å². The molecule has 2 saturated carbocycles. The molecule has 0 heterocycles. The van der Waals surface area contributed by atoms with Crippen molar-refractivity contribution in [2.75, 3.05) is 0 Å². The highest BCUT2D eigenvalue weighted by Crippen LogP contribution is 2.42. The quantitative estimate of drug-likeness (QED) is 0.576. The predicted octanol–water partition coefficient (Wildman–Crippen LogP) is 3.86. The number of nitrogens with two attached hydrogens (primary N) is 1. The Kier molecular flexibility index (Phi) is 5.50. The van der Waals surface area contributed by atoms with Crippen LogP contribution in [0, 0.1) is 23.7 Å². The fraction of sp³-hybridized carbons (Fsp3) is 1.00. The fourth-order valence-electron chi connectivity index (χ4n) is 4.64. The lowest BCUT2D eigenvalue weighted by Crippen LogP contribution is -2.48. The monoisotopic (exact) mass is 252 g/mol. The normalized spacial score (nSPS) is 38.8. The molecule has 5 atom stereocenters. The molecule has 2 aliphatic rings. The van der Waals surface area contributed by atoms with E-state index in [9.17, 15) is 0 Å². The maximum atomic E-state index is 5.94. The van der Waals surface area contributed by atoms with E-state index in [4.69, 9.17) is 5.84 Å². The Morgan fingerprint density at radius 3 is 2.44 bits per heavy atom. The second-order valence-electron chi connectivity index (χ2n) is 6.66. The van der Waals surface area contributed by atoms with Crippen LogP contribution in [0.4, 0.5) is 0 Å². The maximum Gasteiger partial charge on any atom is 0.0269 e. The highest BCUT2D eigenvalue weighted by Gasteiger charge is 2.37. The van der Waals surface area contributed by atoms with Gasteiger partial charge in [0.05, 0.1) is 0 Å². The zero-order valence-electron chi connectivity index (χ0n) is 12.3. The van der Waals surface area contributed by atoms with Gasteiger partial charge in [0.1, 0.15) is 0 Å². The second kappa shape index (κ2) is 6.91. The largest absolute Gasteiger partial charge is 0.271 e.